The fraction of sp³-hybridized carbons (Fsp3) is 0.400. The summed E-state index contributed by atoms with van der Waals surface area (Å²) in [5, 5.41) is 6.98. The number of hydrogen-bond acceptors (Lipinski definition) is 7. The minimum absolute atomic E-state index is 0.240. The molecule has 158 valence electrons. The van der Waals surface area contributed by atoms with E-state index in [2.05, 4.69) is 20.3 Å². The van der Waals surface area contributed by atoms with Gasteiger partial charge >= 0.3 is 5.69 Å². The fourth-order valence-corrected chi connectivity index (χ4v) is 3.53. The molecule has 3 heterocycles. The van der Waals surface area contributed by atoms with E-state index in [9.17, 15) is 9.59 Å². The molecule has 1 N–H and O–H groups in total. The van der Waals surface area contributed by atoms with Gasteiger partial charge in [0.15, 0.2) is 0 Å². The second kappa shape index (κ2) is 8.44. The van der Waals surface area contributed by atoms with Gasteiger partial charge in [-0.15, -0.1) is 5.10 Å². The molecule has 1 aromatic carbocycles. The minimum Gasteiger partial charge on any atom is -0.497 e. The lowest BCUT2D eigenvalue weighted by Crippen LogP contribution is -2.30. The Morgan fingerprint density at radius 1 is 1.13 bits per heavy atom. The second-order valence-corrected chi connectivity index (χ2v) is 7.06. The molecule has 0 spiro atoms. The number of nitrogens with zero attached hydrogens (tertiary/aromatic N) is 5. The third-order valence-corrected chi connectivity index (χ3v) is 5.10. The van der Waals surface area contributed by atoms with E-state index in [1.165, 1.54) is 17.9 Å². The smallest absolute Gasteiger partial charge is 0.352 e. The van der Waals surface area contributed by atoms with Gasteiger partial charge in [0.25, 0.3) is 5.78 Å². The highest BCUT2D eigenvalue weighted by Gasteiger charge is 2.17. The van der Waals surface area contributed by atoms with Crippen LogP contribution in [0.25, 0.3) is 5.78 Å². The van der Waals surface area contributed by atoms with E-state index in [0.717, 1.165) is 36.4 Å². The quantitative estimate of drug-likeness (QED) is 0.655. The van der Waals surface area contributed by atoms with Crippen LogP contribution in [-0.4, -0.2) is 52.4 Å². The zero-order valence-electron chi connectivity index (χ0n) is 17.0. The van der Waals surface area contributed by atoms with Gasteiger partial charge in [-0.05, 0) is 37.5 Å². The molecule has 1 aliphatic rings. The number of benzene rings is 1. The molecule has 0 atom stereocenters. The van der Waals surface area contributed by atoms with Gasteiger partial charge in [0.2, 0.25) is 5.91 Å². The van der Waals surface area contributed by atoms with Crippen molar-refractivity contribution in [1.82, 2.24) is 19.2 Å². The number of amides is 1. The van der Waals surface area contributed by atoms with Crippen molar-refractivity contribution in [3.8, 4) is 11.5 Å². The van der Waals surface area contributed by atoms with Gasteiger partial charge in [0.1, 0.15) is 23.9 Å². The highest BCUT2D eigenvalue weighted by Crippen LogP contribution is 2.29. The van der Waals surface area contributed by atoms with Crippen LogP contribution in [0.1, 0.15) is 19.3 Å². The molecule has 10 heteroatoms. The number of fused-ring (bicyclic) bond motifs is 1. The molecule has 0 radical (unpaired) electrons. The Labute approximate surface area is 173 Å². The first-order valence-electron chi connectivity index (χ1n) is 9.82. The van der Waals surface area contributed by atoms with Gasteiger partial charge in [-0.25, -0.2) is 13.9 Å². The Hall–Kier alpha value is -3.56. The number of carbonyl (C=O) groups excluding carboxylic acids is 1. The second-order valence-electron chi connectivity index (χ2n) is 7.06. The van der Waals surface area contributed by atoms with Crippen molar-refractivity contribution in [3.63, 3.8) is 0 Å². The van der Waals surface area contributed by atoms with E-state index in [4.69, 9.17) is 9.47 Å². The summed E-state index contributed by atoms with van der Waals surface area (Å²) in [7, 11) is 3.05. The molecule has 0 aliphatic carbocycles. The molecule has 1 fully saturated rings. The molecule has 0 unspecified atom stereocenters. The lowest BCUT2D eigenvalue weighted by atomic mass is 10.1. The van der Waals surface area contributed by atoms with E-state index >= 15 is 0 Å². The number of ether oxygens (including phenoxy) is 2. The summed E-state index contributed by atoms with van der Waals surface area (Å²) in [5.41, 5.74) is 0.0603. The number of rotatable bonds is 6. The molecule has 3 aromatic rings. The van der Waals surface area contributed by atoms with E-state index in [0.29, 0.717) is 17.2 Å². The number of piperidine rings is 1. The Morgan fingerprint density at radius 3 is 2.67 bits per heavy atom. The first kappa shape index (κ1) is 19.7. The van der Waals surface area contributed by atoms with Crippen LogP contribution in [0.4, 0.5) is 11.5 Å². The van der Waals surface area contributed by atoms with E-state index < -0.39 is 11.6 Å². The van der Waals surface area contributed by atoms with Crippen molar-refractivity contribution in [2.24, 2.45) is 0 Å². The van der Waals surface area contributed by atoms with Crippen molar-refractivity contribution in [2.45, 2.75) is 25.8 Å². The molecule has 0 bridgehead atoms. The van der Waals surface area contributed by atoms with Crippen LogP contribution in [0.2, 0.25) is 0 Å². The van der Waals surface area contributed by atoms with Crippen LogP contribution in [-0.2, 0) is 11.3 Å². The van der Waals surface area contributed by atoms with Crippen molar-refractivity contribution in [2.75, 3.05) is 37.5 Å². The van der Waals surface area contributed by atoms with Gasteiger partial charge in [0, 0.05) is 25.4 Å². The van der Waals surface area contributed by atoms with E-state index in [1.807, 2.05) is 6.07 Å². The summed E-state index contributed by atoms with van der Waals surface area (Å²) in [4.78, 5) is 31.8. The Bertz CT molecular complexity index is 1120. The third-order valence-electron chi connectivity index (χ3n) is 5.10. The lowest BCUT2D eigenvalue weighted by Gasteiger charge is -2.27. The molecule has 30 heavy (non-hydrogen) atoms. The maximum atomic E-state index is 12.6. The minimum atomic E-state index is -0.417. The zero-order chi connectivity index (χ0) is 21.1. The molecule has 10 nitrogen and oxygen atoms in total. The average Bonchev–Trinajstić information content (AvgIpc) is 3.09. The molecule has 0 saturated carbocycles. The van der Waals surface area contributed by atoms with Crippen LogP contribution >= 0.6 is 0 Å². The lowest BCUT2D eigenvalue weighted by molar-refractivity contribution is -0.117. The highest BCUT2D eigenvalue weighted by atomic mass is 16.5. The number of aromatic nitrogens is 4. The van der Waals surface area contributed by atoms with Gasteiger partial charge in [-0.2, -0.15) is 4.98 Å². The highest BCUT2D eigenvalue weighted by molar-refractivity contribution is 5.92. The summed E-state index contributed by atoms with van der Waals surface area (Å²) in [6, 6.07) is 6.86. The maximum Gasteiger partial charge on any atom is 0.352 e. The van der Waals surface area contributed by atoms with Crippen LogP contribution in [0.15, 0.2) is 35.3 Å². The Balaban J connectivity index is 1.52. The largest absolute Gasteiger partial charge is 0.497 e. The predicted octanol–water partition coefficient (Wildman–Crippen LogP) is 1.54. The van der Waals surface area contributed by atoms with Crippen molar-refractivity contribution < 1.29 is 14.3 Å². The molecular weight excluding hydrogens is 388 g/mol. The maximum absolute atomic E-state index is 12.6. The number of methoxy groups -OCH3 is 2. The number of nitrogens with one attached hydrogen (secondary N) is 1. The molecule has 2 aromatic heterocycles. The topological polar surface area (TPSA) is 103 Å². The predicted molar refractivity (Wildman–Crippen MR) is 111 cm³/mol. The number of anilines is 2. The molecule has 1 amide bonds. The molecule has 4 rings (SSSR count). The fourth-order valence-electron chi connectivity index (χ4n) is 3.53. The summed E-state index contributed by atoms with van der Waals surface area (Å²) in [6.45, 7) is 1.65. The van der Waals surface area contributed by atoms with Crippen LogP contribution in [0, 0.1) is 0 Å². The Morgan fingerprint density at radius 2 is 1.93 bits per heavy atom. The standard InChI is InChI=1S/C20H24N6O4/c1-29-14-6-7-15(16(12-14)30-2)21-18(27)13-26-20(28)25-11-8-17(22-19(25)23-26)24-9-4-3-5-10-24/h6-8,11-12H,3-5,9-10,13H2,1-2H3,(H,21,27). The SMILES string of the molecule is COc1ccc(NC(=O)Cn2nc3nc(N4CCCCC4)ccn3c2=O)c(OC)c1. The molecule has 1 saturated heterocycles. The molecular formula is C20H24N6O4. The Kier molecular flexibility index (Phi) is 5.55. The number of hydrogen-bond donors (Lipinski definition) is 1. The van der Waals surface area contributed by atoms with E-state index in [1.54, 1.807) is 31.5 Å². The third kappa shape index (κ3) is 3.93. The summed E-state index contributed by atoms with van der Waals surface area (Å²) < 4.78 is 12.9. The zero-order valence-corrected chi connectivity index (χ0v) is 17.0. The average molecular weight is 412 g/mol. The summed E-state index contributed by atoms with van der Waals surface area (Å²) >= 11 is 0. The normalized spacial score (nSPS) is 14.0. The van der Waals surface area contributed by atoms with Crippen LogP contribution in [0.3, 0.4) is 0 Å². The summed E-state index contributed by atoms with van der Waals surface area (Å²) in [6.07, 6.45) is 5.13. The first-order chi connectivity index (χ1) is 14.6. The first-order valence-corrected chi connectivity index (χ1v) is 9.82. The summed E-state index contributed by atoms with van der Waals surface area (Å²) in [5.74, 6) is 1.74. The van der Waals surface area contributed by atoms with Crippen molar-refractivity contribution in [1.29, 1.82) is 0 Å². The molecule has 1 aliphatic heterocycles. The van der Waals surface area contributed by atoms with Crippen molar-refractivity contribution >= 4 is 23.2 Å². The van der Waals surface area contributed by atoms with Gasteiger partial charge in [-0.1, -0.05) is 0 Å². The van der Waals surface area contributed by atoms with Gasteiger partial charge < -0.3 is 19.7 Å². The van der Waals surface area contributed by atoms with Crippen LogP contribution < -0.4 is 25.4 Å². The number of carbonyl (C=O) groups is 1. The van der Waals surface area contributed by atoms with E-state index in [-0.39, 0.29) is 12.3 Å². The monoisotopic (exact) mass is 412 g/mol. The van der Waals surface area contributed by atoms with Crippen molar-refractivity contribution in [3.05, 3.63) is 40.9 Å². The van der Waals surface area contributed by atoms with Crippen LogP contribution in [0.5, 0.6) is 11.5 Å². The van der Waals surface area contributed by atoms with Gasteiger partial charge in [-0.3, -0.25) is 4.79 Å². The van der Waals surface area contributed by atoms with Gasteiger partial charge in [0.05, 0.1) is 19.9 Å².